The minimum atomic E-state index is 0.0924. The summed E-state index contributed by atoms with van der Waals surface area (Å²) in [6.45, 7) is 3.20. The van der Waals surface area contributed by atoms with Gasteiger partial charge in [-0.2, -0.15) is 11.8 Å². The Morgan fingerprint density at radius 3 is 3.04 bits per heavy atom. The van der Waals surface area contributed by atoms with E-state index in [4.69, 9.17) is 0 Å². The van der Waals surface area contributed by atoms with E-state index in [2.05, 4.69) is 9.97 Å². The molecule has 0 aliphatic carbocycles. The maximum Gasteiger partial charge on any atom is 0.223 e. The zero-order valence-electron chi connectivity index (χ0n) is 15.0. The van der Waals surface area contributed by atoms with Gasteiger partial charge in [0.05, 0.1) is 6.33 Å². The minimum Gasteiger partial charge on any atom is -0.348 e. The Morgan fingerprint density at radius 2 is 2.28 bits per heavy atom. The van der Waals surface area contributed by atoms with Gasteiger partial charge in [-0.05, 0) is 25.5 Å². The molecule has 2 saturated heterocycles. The Hall–Kier alpha value is -1.50. The average molecular weight is 365 g/mol. The van der Waals surface area contributed by atoms with Crippen LogP contribution in [0.15, 0.2) is 12.5 Å². The Bertz CT molecular complexity index is 592. The van der Waals surface area contributed by atoms with Gasteiger partial charge >= 0.3 is 0 Å². The number of hydrogen-bond acceptors (Lipinski definition) is 4. The van der Waals surface area contributed by atoms with Gasteiger partial charge in [0.2, 0.25) is 11.8 Å². The molecule has 0 bridgehead atoms. The summed E-state index contributed by atoms with van der Waals surface area (Å²) >= 11 is 1.72. The normalized spacial score (nSPS) is 24.1. The molecular formula is C18H28N4O2S. The molecule has 2 fully saturated rings. The summed E-state index contributed by atoms with van der Waals surface area (Å²) in [7, 11) is 0. The number of carbonyl (C=O) groups excluding carboxylic acids is 2. The Morgan fingerprint density at radius 1 is 1.40 bits per heavy atom. The topological polar surface area (TPSA) is 69.3 Å². The number of aromatic nitrogens is 2. The highest BCUT2D eigenvalue weighted by molar-refractivity contribution is 7.98. The van der Waals surface area contributed by atoms with Crippen LogP contribution in [0.3, 0.4) is 0 Å². The monoisotopic (exact) mass is 364 g/mol. The number of nitrogens with one attached hydrogen (secondary N) is 1. The maximum atomic E-state index is 12.4. The van der Waals surface area contributed by atoms with Crippen LogP contribution in [0.5, 0.6) is 0 Å². The third kappa shape index (κ3) is 4.57. The van der Waals surface area contributed by atoms with Crippen molar-refractivity contribution in [2.45, 2.75) is 38.5 Å². The molecule has 1 aromatic rings. The quantitative estimate of drug-likeness (QED) is 0.837. The lowest BCUT2D eigenvalue weighted by molar-refractivity contribution is -0.142. The number of nitrogens with zero attached hydrogens (tertiary/aromatic N) is 3. The summed E-state index contributed by atoms with van der Waals surface area (Å²) in [5.74, 6) is 1.40. The number of thioether (sulfide) groups is 1. The molecule has 7 heteroatoms. The molecule has 1 N–H and O–H groups in total. The Balaban J connectivity index is 1.60. The van der Waals surface area contributed by atoms with E-state index in [0.29, 0.717) is 12.8 Å². The number of aromatic amines is 1. The summed E-state index contributed by atoms with van der Waals surface area (Å²) < 4.78 is 0. The van der Waals surface area contributed by atoms with E-state index in [1.54, 1.807) is 18.1 Å². The second kappa shape index (κ2) is 8.25. The molecule has 3 heterocycles. The molecule has 2 aliphatic rings. The molecule has 0 saturated carbocycles. The third-order valence-electron chi connectivity index (χ3n) is 5.49. The van der Waals surface area contributed by atoms with Crippen molar-refractivity contribution < 1.29 is 9.59 Å². The van der Waals surface area contributed by atoms with Crippen LogP contribution in [0.25, 0.3) is 0 Å². The summed E-state index contributed by atoms with van der Waals surface area (Å²) in [6.07, 6.45) is 10.6. The van der Waals surface area contributed by atoms with Crippen molar-refractivity contribution in [3.63, 3.8) is 0 Å². The molecule has 0 unspecified atom stereocenters. The Labute approximate surface area is 153 Å². The van der Waals surface area contributed by atoms with Crippen LogP contribution in [0.1, 0.15) is 37.8 Å². The van der Waals surface area contributed by atoms with Gasteiger partial charge in [-0.3, -0.25) is 9.59 Å². The molecule has 1 aromatic heterocycles. The van der Waals surface area contributed by atoms with Crippen LogP contribution in [-0.4, -0.2) is 69.8 Å². The van der Waals surface area contributed by atoms with E-state index in [9.17, 15) is 9.59 Å². The van der Waals surface area contributed by atoms with E-state index < -0.39 is 0 Å². The highest BCUT2D eigenvalue weighted by Gasteiger charge is 2.42. The van der Waals surface area contributed by atoms with Crippen LogP contribution in [0, 0.1) is 5.41 Å². The number of imidazole rings is 1. The van der Waals surface area contributed by atoms with Crippen molar-refractivity contribution in [3.8, 4) is 0 Å². The second-order valence-electron chi connectivity index (χ2n) is 7.30. The SMILES string of the molecule is CSCCC(=O)N1CCC[C@]2(CCC(=O)N(CCc3cnc[nH]3)C2)C1. The third-order valence-corrected chi connectivity index (χ3v) is 6.10. The molecule has 3 rings (SSSR count). The van der Waals surface area contributed by atoms with Crippen molar-refractivity contribution in [2.75, 3.05) is 38.2 Å². The highest BCUT2D eigenvalue weighted by Crippen LogP contribution is 2.39. The van der Waals surface area contributed by atoms with Crippen molar-refractivity contribution in [3.05, 3.63) is 18.2 Å². The van der Waals surface area contributed by atoms with Gasteiger partial charge in [0, 0.05) is 68.5 Å². The van der Waals surface area contributed by atoms with Gasteiger partial charge in [-0.25, -0.2) is 4.98 Å². The van der Waals surface area contributed by atoms with Crippen molar-refractivity contribution in [1.29, 1.82) is 0 Å². The Kier molecular flexibility index (Phi) is 6.04. The zero-order valence-corrected chi connectivity index (χ0v) is 15.8. The molecule has 138 valence electrons. The largest absolute Gasteiger partial charge is 0.348 e. The summed E-state index contributed by atoms with van der Waals surface area (Å²) in [5, 5.41) is 0. The number of carbonyl (C=O) groups is 2. The number of piperidine rings is 2. The lowest BCUT2D eigenvalue weighted by Gasteiger charge is -2.48. The van der Waals surface area contributed by atoms with Gasteiger partial charge in [-0.15, -0.1) is 0 Å². The van der Waals surface area contributed by atoms with Crippen molar-refractivity contribution in [1.82, 2.24) is 19.8 Å². The molecule has 25 heavy (non-hydrogen) atoms. The molecule has 2 amide bonds. The van der Waals surface area contributed by atoms with E-state index in [1.165, 1.54) is 0 Å². The fourth-order valence-electron chi connectivity index (χ4n) is 4.08. The van der Waals surface area contributed by atoms with Crippen LogP contribution >= 0.6 is 11.8 Å². The van der Waals surface area contributed by atoms with E-state index >= 15 is 0 Å². The molecule has 6 nitrogen and oxygen atoms in total. The average Bonchev–Trinajstić information content (AvgIpc) is 3.14. The van der Waals surface area contributed by atoms with E-state index in [-0.39, 0.29) is 17.2 Å². The summed E-state index contributed by atoms with van der Waals surface area (Å²) in [6, 6.07) is 0. The maximum absolute atomic E-state index is 12.4. The fraction of sp³-hybridized carbons (Fsp3) is 0.722. The number of hydrogen-bond donors (Lipinski definition) is 1. The predicted molar refractivity (Wildman–Crippen MR) is 99.4 cm³/mol. The predicted octanol–water partition coefficient (Wildman–Crippen LogP) is 1.94. The zero-order chi connectivity index (χ0) is 17.7. The van der Waals surface area contributed by atoms with Gasteiger partial charge < -0.3 is 14.8 Å². The first-order valence-electron chi connectivity index (χ1n) is 9.14. The van der Waals surface area contributed by atoms with Crippen LogP contribution in [0.4, 0.5) is 0 Å². The molecule has 2 aliphatic heterocycles. The van der Waals surface area contributed by atoms with Gasteiger partial charge in [0.1, 0.15) is 0 Å². The van der Waals surface area contributed by atoms with Crippen LogP contribution < -0.4 is 0 Å². The number of amides is 2. The summed E-state index contributed by atoms with van der Waals surface area (Å²) in [5.41, 5.74) is 1.15. The summed E-state index contributed by atoms with van der Waals surface area (Å²) in [4.78, 5) is 36.0. The lowest BCUT2D eigenvalue weighted by Crippen LogP contribution is -2.55. The number of rotatable bonds is 6. The standard InChI is InChI=1S/C18H28N4O2S/c1-25-10-5-17(24)21-8-2-6-18(12-21)7-3-16(23)22(13-18)9-4-15-11-19-14-20-15/h11,14H,2-10,12-13H2,1H3,(H,19,20)/t18-/m0/s1. The van der Waals surface area contributed by atoms with Gasteiger partial charge in [-0.1, -0.05) is 0 Å². The smallest absolute Gasteiger partial charge is 0.223 e. The molecule has 0 aromatic carbocycles. The lowest BCUT2D eigenvalue weighted by atomic mass is 9.73. The number of likely N-dealkylation sites (tertiary alicyclic amines) is 2. The second-order valence-corrected chi connectivity index (χ2v) is 8.29. The minimum absolute atomic E-state index is 0.0924. The molecule has 1 spiro atoms. The van der Waals surface area contributed by atoms with Gasteiger partial charge in [0.15, 0.2) is 0 Å². The van der Waals surface area contributed by atoms with Crippen molar-refractivity contribution in [2.24, 2.45) is 5.41 Å². The van der Waals surface area contributed by atoms with E-state index in [1.807, 2.05) is 22.3 Å². The molecule has 0 radical (unpaired) electrons. The first kappa shape index (κ1) is 18.3. The van der Waals surface area contributed by atoms with E-state index in [0.717, 1.165) is 63.3 Å². The number of H-pyrrole nitrogens is 1. The van der Waals surface area contributed by atoms with Crippen LogP contribution in [0.2, 0.25) is 0 Å². The fourth-order valence-corrected chi connectivity index (χ4v) is 4.46. The van der Waals surface area contributed by atoms with Crippen molar-refractivity contribution >= 4 is 23.6 Å². The first-order valence-corrected chi connectivity index (χ1v) is 10.5. The molecular weight excluding hydrogens is 336 g/mol. The van der Waals surface area contributed by atoms with Crippen LogP contribution in [-0.2, 0) is 16.0 Å². The highest BCUT2D eigenvalue weighted by atomic mass is 32.2. The first-order chi connectivity index (χ1) is 12.1. The molecule has 1 atom stereocenters. The van der Waals surface area contributed by atoms with Gasteiger partial charge in [0.25, 0.3) is 0 Å².